The third-order valence-corrected chi connectivity index (χ3v) is 7.56. The number of H-pyrrole nitrogens is 1. The number of hydrogen-bond acceptors (Lipinski definition) is 3. The molecule has 0 unspecified atom stereocenters. The molecule has 34 heavy (non-hydrogen) atoms. The van der Waals surface area contributed by atoms with Crippen LogP contribution in [0.15, 0.2) is 36.5 Å². The molecule has 0 bridgehead atoms. The van der Waals surface area contributed by atoms with Crippen LogP contribution in [0.2, 0.25) is 0 Å². The summed E-state index contributed by atoms with van der Waals surface area (Å²) >= 11 is 0. The standard InChI is InChI=1S/C26H27F3N2O3/c1-15-9-22(34-2)19(17-5-7-30-23(15)17)12-31-8-6-25(13-26(28,29)14-25)11-21(31)18-4-3-16(24(32)33)10-20(18)27/h3-5,7,9-10,21,30H,6,8,11-14H2,1-2H3,(H,32,33)/t21-/m0/s1. The first-order valence-corrected chi connectivity index (χ1v) is 11.4. The van der Waals surface area contributed by atoms with Gasteiger partial charge in [0.1, 0.15) is 11.6 Å². The summed E-state index contributed by atoms with van der Waals surface area (Å²) in [5.74, 6) is -3.78. The number of aryl methyl sites for hydroxylation is 1. The van der Waals surface area contributed by atoms with E-state index < -0.39 is 29.2 Å². The molecule has 1 spiro atoms. The Bertz CT molecular complexity index is 1260. The molecule has 2 N–H and O–H groups in total. The monoisotopic (exact) mass is 472 g/mol. The fourth-order valence-corrected chi connectivity index (χ4v) is 5.95. The van der Waals surface area contributed by atoms with Crippen LogP contribution in [0, 0.1) is 18.2 Å². The van der Waals surface area contributed by atoms with Crippen LogP contribution in [0.4, 0.5) is 13.2 Å². The highest BCUT2D eigenvalue weighted by molar-refractivity contribution is 5.88. The van der Waals surface area contributed by atoms with Crippen LogP contribution < -0.4 is 4.74 Å². The Labute approximate surface area is 195 Å². The van der Waals surface area contributed by atoms with Gasteiger partial charge in [0.15, 0.2) is 0 Å². The maximum Gasteiger partial charge on any atom is 0.335 e. The normalized spacial score (nSPS) is 21.5. The van der Waals surface area contributed by atoms with Gasteiger partial charge in [0.05, 0.1) is 12.7 Å². The van der Waals surface area contributed by atoms with E-state index in [4.69, 9.17) is 4.74 Å². The summed E-state index contributed by atoms with van der Waals surface area (Å²) in [6.07, 6.45) is 2.50. The highest BCUT2D eigenvalue weighted by Crippen LogP contribution is 2.60. The Hall–Kier alpha value is -3.00. The van der Waals surface area contributed by atoms with Gasteiger partial charge >= 0.3 is 5.97 Å². The first-order valence-electron chi connectivity index (χ1n) is 11.4. The van der Waals surface area contributed by atoms with Gasteiger partial charge in [-0.05, 0) is 61.6 Å². The molecule has 1 atom stereocenters. The molecule has 5 rings (SSSR count). The Morgan fingerprint density at radius 3 is 2.68 bits per heavy atom. The van der Waals surface area contributed by atoms with Gasteiger partial charge in [0, 0.05) is 53.7 Å². The lowest BCUT2D eigenvalue weighted by atomic mass is 9.59. The van der Waals surface area contributed by atoms with Crippen molar-refractivity contribution in [3.05, 3.63) is 64.6 Å². The second-order valence-electron chi connectivity index (χ2n) is 9.83. The van der Waals surface area contributed by atoms with Gasteiger partial charge in [-0.15, -0.1) is 0 Å². The fraction of sp³-hybridized carbons (Fsp3) is 0.423. The summed E-state index contributed by atoms with van der Waals surface area (Å²) in [6.45, 7) is 2.98. The zero-order valence-electron chi connectivity index (χ0n) is 19.1. The van der Waals surface area contributed by atoms with Crippen molar-refractivity contribution in [3.8, 4) is 5.75 Å². The Balaban J connectivity index is 1.54. The van der Waals surface area contributed by atoms with Gasteiger partial charge in [0.25, 0.3) is 0 Å². The molecule has 2 aliphatic rings. The van der Waals surface area contributed by atoms with Crippen molar-refractivity contribution in [2.24, 2.45) is 5.41 Å². The maximum atomic E-state index is 15.2. The van der Waals surface area contributed by atoms with Gasteiger partial charge in [-0.3, -0.25) is 4.90 Å². The summed E-state index contributed by atoms with van der Waals surface area (Å²) in [5, 5.41) is 10.2. The molecule has 8 heteroatoms. The molecule has 1 saturated heterocycles. The van der Waals surface area contributed by atoms with Crippen molar-refractivity contribution in [3.63, 3.8) is 0 Å². The van der Waals surface area contributed by atoms with Crippen molar-refractivity contribution < 1.29 is 27.8 Å². The summed E-state index contributed by atoms with van der Waals surface area (Å²) in [4.78, 5) is 16.7. The van der Waals surface area contributed by atoms with E-state index in [2.05, 4.69) is 9.88 Å². The number of aromatic amines is 1. The van der Waals surface area contributed by atoms with E-state index in [0.29, 0.717) is 31.5 Å². The SMILES string of the molecule is COc1cc(C)c2[nH]ccc2c1CN1CCC2(C[C@H]1c1ccc(C(=O)O)cc1F)CC(F)(F)C2. The lowest BCUT2D eigenvalue weighted by molar-refractivity contribution is -0.186. The Morgan fingerprint density at radius 1 is 1.26 bits per heavy atom. The minimum Gasteiger partial charge on any atom is -0.496 e. The number of methoxy groups -OCH3 is 1. The maximum absolute atomic E-state index is 15.2. The molecule has 1 aliphatic heterocycles. The van der Waals surface area contributed by atoms with E-state index in [1.807, 2.05) is 25.3 Å². The van der Waals surface area contributed by atoms with Gasteiger partial charge in [0.2, 0.25) is 5.92 Å². The third-order valence-electron chi connectivity index (χ3n) is 7.56. The average molecular weight is 473 g/mol. The first-order chi connectivity index (χ1) is 16.1. The van der Waals surface area contributed by atoms with Gasteiger partial charge in [-0.1, -0.05) is 6.07 Å². The largest absolute Gasteiger partial charge is 0.496 e. The minimum absolute atomic E-state index is 0.136. The number of piperidine rings is 1. The number of nitrogens with zero attached hydrogens (tertiary/aromatic N) is 1. The van der Waals surface area contributed by atoms with Crippen molar-refractivity contribution in [1.29, 1.82) is 0 Å². The number of aromatic carboxylic acids is 1. The number of fused-ring (bicyclic) bond motifs is 1. The van der Waals surface area contributed by atoms with Crippen molar-refractivity contribution in [2.75, 3.05) is 13.7 Å². The number of carbonyl (C=O) groups is 1. The number of carboxylic acid groups (broad SMARTS) is 1. The Kier molecular flexibility index (Phi) is 5.39. The highest BCUT2D eigenvalue weighted by Gasteiger charge is 2.58. The summed E-state index contributed by atoms with van der Waals surface area (Å²) in [5.41, 5.74) is 2.67. The van der Waals surface area contributed by atoms with E-state index in [9.17, 15) is 18.7 Å². The molecular formula is C26H27F3N2O3. The van der Waals surface area contributed by atoms with Crippen LogP contribution in [-0.4, -0.2) is 40.5 Å². The van der Waals surface area contributed by atoms with E-state index in [-0.39, 0.29) is 18.4 Å². The number of nitrogens with one attached hydrogen (secondary N) is 1. The number of likely N-dealkylation sites (tertiary alicyclic amines) is 1. The fourth-order valence-electron chi connectivity index (χ4n) is 5.95. The molecule has 1 saturated carbocycles. The zero-order valence-corrected chi connectivity index (χ0v) is 19.1. The number of alkyl halides is 2. The predicted molar refractivity (Wildman–Crippen MR) is 122 cm³/mol. The van der Waals surface area contributed by atoms with Crippen LogP contribution in [0.5, 0.6) is 5.75 Å². The van der Waals surface area contributed by atoms with Crippen LogP contribution >= 0.6 is 0 Å². The number of carboxylic acids is 1. The number of halogens is 3. The molecule has 180 valence electrons. The van der Waals surface area contributed by atoms with E-state index >= 15 is 4.39 Å². The van der Waals surface area contributed by atoms with E-state index in [1.165, 1.54) is 12.1 Å². The lowest BCUT2D eigenvalue weighted by Gasteiger charge is -2.54. The minimum atomic E-state index is -2.67. The second kappa shape index (κ2) is 8.05. The molecule has 2 fully saturated rings. The molecule has 3 aromatic rings. The molecule has 2 heterocycles. The van der Waals surface area contributed by atoms with E-state index in [0.717, 1.165) is 33.8 Å². The quantitative estimate of drug-likeness (QED) is 0.473. The van der Waals surface area contributed by atoms with Gasteiger partial charge in [-0.25, -0.2) is 18.0 Å². The van der Waals surface area contributed by atoms with Crippen molar-refractivity contribution >= 4 is 16.9 Å². The molecule has 1 aromatic heterocycles. The van der Waals surface area contributed by atoms with Crippen molar-refractivity contribution in [1.82, 2.24) is 9.88 Å². The lowest BCUT2D eigenvalue weighted by Crippen LogP contribution is -2.53. The molecule has 5 nitrogen and oxygen atoms in total. The molecule has 0 amide bonds. The van der Waals surface area contributed by atoms with Crippen LogP contribution in [0.25, 0.3) is 10.9 Å². The predicted octanol–water partition coefficient (Wildman–Crippen LogP) is 6.07. The molecule has 1 aliphatic carbocycles. The smallest absolute Gasteiger partial charge is 0.335 e. The Morgan fingerprint density at radius 2 is 2.03 bits per heavy atom. The molecule has 2 aromatic carbocycles. The van der Waals surface area contributed by atoms with Crippen molar-refractivity contribution in [2.45, 2.75) is 51.1 Å². The number of ether oxygens (including phenoxy) is 1. The van der Waals surface area contributed by atoms with Gasteiger partial charge in [-0.2, -0.15) is 0 Å². The average Bonchev–Trinajstić information content (AvgIpc) is 3.26. The van der Waals surface area contributed by atoms with Gasteiger partial charge < -0.3 is 14.8 Å². The second-order valence-corrected chi connectivity index (χ2v) is 9.83. The summed E-state index contributed by atoms with van der Waals surface area (Å²) < 4.78 is 48.6. The van der Waals surface area contributed by atoms with E-state index in [1.54, 1.807) is 7.11 Å². The first kappa shape index (κ1) is 22.8. The zero-order chi connectivity index (χ0) is 24.3. The van der Waals surface area contributed by atoms with Crippen LogP contribution in [0.3, 0.4) is 0 Å². The topological polar surface area (TPSA) is 65.6 Å². The van der Waals surface area contributed by atoms with Crippen LogP contribution in [0.1, 0.15) is 58.8 Å². The number of benzene rings is 2. The highest BCUT2D eigenvalue weighted by atomic mass is 19.3. The number of rotatable bonds is 5. The number of hydrogen-bond donors (Lipinski definition) is 2. The summed E-state index contributed by atoms with van der Waals surface area (Å²) in [7, 11) is 1.61. The summed E-state index contributed by atoms with van der Waals surface area (Å²) in [6, 6.07) is 7.38. The third kappa shape index (κ3) is 3.83. The number of aromatic nitrogens is 1. The molecule has 0 radical (unpaired) electrons. The van der Waals surface area contributed by atoms with Crippen LogP contribution in [-0.2, 0) is 6.54 Å². The molecular weight excluding hydrogens is 445 g/mol.